The molecule has 170 valence electrons. The van der Waals surface area contributed by atoms with Gasteiger partial charge in [-0.25, -0.2) is 13.2 Å². The second kappa shape index (κ2) is 10.3. The number of nitrogens with zero attached hydrogens (tertiary/aromatic N) is 1. The molecule has 1 aromatic carbocycles. The number of alkyl halides is 3. The minimum atomic E-state index is -3.07. The van der Waals surface area contributed by atoms with Crippen LogP contribution < -0.4 is 5.73 Å². The number of Topliss-reactive ketones (excluding diaryl/α,β-unsaturated/α-hetero) is 1. The maximum Gasteiger partial charge on any atom is 0.272 e. The number of rotatable bonds is 4. The number of nitrogens with two attached hydrogens (primary N) is 1. The fraction of sp³-hybridized carbons (Fsp3) is 0.478. The summed E-state index contributed by atoms with van der Waals surface area (Å²) in [6, 6.07) is 9.18. The Kier molecular flexibility index (Phi) is 8.52. The van der Waals surface area contributed by atoms with Gasteiger partial charge in [-0.1, -0.05) is 39.9 Å². The molecule has 2 aromatic rings. The molecule has 0 aliphatic heterocycles. The number of hydrogen-bond donors (Lipinski definition) is 1. The van der Waals surface area contributed by atoms with Crippen LogP contribution in [0.4, 0.5) is 18.9 Å². The van der Waals surface area contributed by atoms with E-state index in [0.717, 1.165) is 37.7 Å². The molecule has 3 nitrogen and oxygen atoms in total. The van der Waals surface area contributed by atoms with Crippen molar-refractivity contribution in [1.82, 2.24) is 4.98 Å². The Morgan fingerprint density at radius 2 is 1.94 bits per heavy atom. The third kappa shape index (κ3) is 7.18. The van der Waals surface area contributed by atoms with Gasteiger partial charge in [0.25, 0.3) is 5.92 Å². The third-order valence-corrected chi connectivity index (χ3v) is 6.66. The fourth-order valence-electron chi connectivity index (χ4n) is 3.76. The van der Waals surface area contributed by atoms with E-state index in [4.69, 9.17) is 17.3 Å². The Bertz CT molecular complexity index is 908. The number of aromatic nitrogens is 1. The first-order chi connectivity index (χ1) is 14.3. The lowest BCUT2D eigenvalue weighted by molar-refractivity contribution is 0.0174. The summed E-state index contributed by atoms with van der Waals surface area (Å²) in [5, 5.41) is -1.29. The van der Waals surface area contributed by atoms with E-state index in [1.807, 2.05) is 18.2 Å². The number of carbonyl (C=O) groups excluding carboxylic acids is 1. The summed E-state index contributed by atoms with van der Waals surface area (Å²) in [4.78, 5) is 14.6. The molecule has 2 atom stereocenters. The Morgan fingerprint density at radius 1 is 1.32 bits per heavy atom. The average Bonchev–Trinajstić information content (AvgIpc) is 2.67. The predicted octanol–water partition coefficient (Wildman–Crippen LogP) is 7.15. The van der Waals surface area contributed by atoms with Crippen LogP contribution in [0.25, 0.3) is 0 Å². The maximum atomic E-state index is 13.7. The molecular formula is C23H29ClF3N2OP. The van der Waals surface area contributed by atoms with Crippen molar-refractivity contribution in [3.63, 3.8) is 0 Å². The SMILES string of the molecule is CC(=O)c1nccc(C(C)(F)F)c1Cl.CC(c1cccc(N)c1)C1CCC(F)(P)CC1. The molecule has 1 saturated carbocycles. The Balaban J connectivity index is 0.000000225. The van der Waals surface area contributed by atoms with Gasteiger partial charge in [0, 0.05) is 31.3 Å². The van der Waals surface area contributed by atoms with Gasteiger partial charge in [0.05, 0.1) is 5.02 Å². The zero-order valence-electron chi connectivity index (χ0n) is 18.0. The summed E-state index contributed by atoms with van der Waals surface area (Å²) in [6.07, 6.45) is 4.41. The van der Waals surface area contributed by atoms with Crippen LogP contribution in [-0.4, -0.2) is 16.2 Å². The minimum Gasteiger partial charge on any atom is -0.399 e. The third-order valence-electron chi connectivity index (χ3n) is 5.70. The summed E-state index contributed by atoms with van der Waals surface area (Å²) in [6.45, 7) is 4.18. The molecule has 1 aliphatic rings. The molecule has 2 N–H and O–H groups in total. The molecule has 1 aliphatic carbocycles. The molecule has 0 amide bonds. The normalized spacial score (nSPS) is 22.3. The highest BCUT2D eigenvalue weighted by Gasteiger charge is 2.33. The molecule has 0 bridgehead atoms. The highest BCUT2D eigenvalue weighted by atomic mass is 35.5. The molecule has 3 rings (SSSR count). The first kappa shape index (κ1) is 25.6. The zero-order chi connectivity index (χ0) is 23.4. The lowest BCUT2D eigenvalue weighted by Gasteiger charge is -2.34. The van der Waals surface area contributed by atoms with E-state index < -0.39 is 17.1 Å². The van der Waals surface area contributed by atoms with Crippen LogP contribution in [0.3, 0.4) is 0 Å². The lowest BCUT2D eigenvalue weighted by atomic mass is 9.77. The Labute approximate surface area is 189 Å². The number of carbonyl (C=O) groups is 1. The maximum absolute atomic E-state index is 13.7. The summed E-state index contributed by atoms with van der Waals surface area (Å²) >= 11 is 5.63. The number of nitrogen functional groups attached to an aromatic ring is 1. The van der Waals surface area contributed by atoms with E-state index in [0.29, 0.717) is 24.7 Å². The van der Waals surface area contributed by atoms with E-state index in [1.165, 1.54) is 12.5 Å². The van der Waals surface area contributed by atoms with Crippen LogP contribution in [0.1, 0.15) is 74.0 Å². The van der Waals surface area contributed by atoms with Gasteiger partial charge in [0.15, 0.2) is 5.78 Å². The van der Waals surface area contributed by atoms with E-state index in [2.05, 4.69) is 27.2 Å². The molecule has 2 unspecified atom stereocenters. The van der Waals surface area contributed by atoms with Gasteiger partial charge in [-0.05, 0) is 61.3 Å². The van der Waals surface area contributed by atoms with Crippen molar-refractivity contribution in [1.29, 1.82) is 0 Å². The quantitative estimate of drug-likeness (QED) is 0.292. The largest absolute Gasteiger partial charge is 0.399 e. The van der Waals surface area contributed by atoms with Gasteiger partial charge in [-0.2, -0.15) is 0 Å². The standard InChI is InChI=1S/C14H21FNP.C9H8ClF2NO/c1-10(12-3-2-4-13(16)9-12)11-5-7-14(15,17)8-6-11;1-5(14)8-7(10)6(3-4-13-8)9(2,11)12/h2-4,9-11H,5-8,16-17H2,1H3;3-4H,1-2H3. The molecule has 8 heteroatoms. The van der Waals surface area contributed by atoms with Gasteiger partial charge < -0.3 is 5.73 Å². The molecule has 0 spiro atoms. The van der Waals surface area contributed by atoms with Crippen LogP contribution >= 0.6 is 20.8 Å². The van der Waals surface area contributed by atoms with E-state index >= 15 is 0 Å². The van der Waals surface area contributed by atoms with E-state index in [9.17, 15) is 18.0 Å². The molecule has 1 fully saturated rings. The van der Waals surface area contributed by atoms with E-state index in [-0.39, 0.29) is 16.3 Å². The van der Waals surface area contributed by atoms with Crippen molar-refractivity contribution in [2.45, 2.75) is 63.7 Å². The molecule has 31 heavy (non-hydrogen) atoms. The first-order valence-electron chi connectivity index (χ1n) is 10.2. The molecule has 0 saturated heterocycles. The highest BCUT2D eigenvalue weighted by Crippen LogP contribution is 2.44. The Morgan fingerprint density at radius 3 is 2.45 bits per heavy atom. The van der Waals surface area contributed by atoms with Crippen LogP contribution in [0.5, 0.6) is 0 Å². The number of anilines is 1. The van der Waals surface area contributed by atoms with Crippen molar-refractivity contribution >= 4 is 32.3 Å². The summed E-state index contributed by atoms with van der Waals surface area (Å²) < 4.78 is 39.6. The Hall–Kier alpha value is -1.65. The smallest absolute Gasteiger partial charge is 0.272 e. The number of benzene rings is 1. The first-order valence-corrected chi connectivity index (χ1v) is 11.1. The van der Waals surface area contributed by atoms with Crippen LogP contribution in [0, 0.1) is 5.92 Å². The van der Waals surface area contributed by atoms with Crippen molar-refractivity contribution < 1.29 is 18.0 Å². The lowest BCUT2D eigenvalue weighted by Crippen LogP contribution is -2.25. The molecule has 1 heterocycles. The van der Waals surface area contributed by atoms with Crippen LogP contribution in [0.2, 0.25) is 5.02 Å². The summed E-state index contributed by atoms with van der Waals surface area (Å²) in [5.41, 5.74) is 7.41. The minimum absolute atomic E-state index is 0.120. The second-order valence-electron chi connectivity index (χ2n) is 8.30. The van der Waals surface area contributed by atoms with Crippen LogP contribution in [0.15, 0.2) is 36.5 Å². The van der Waals surface area contributed by atoms with Gasteiger partial charge in [-0.3, -0.25) is 9.78 Å². The number of pyridine rings is 1. The molecule has 1 aromatic heterocycles. The van der Waals surface area contributed by atoms with Crippen molar-refractivity contribution in [3.8, 4) is 0 Å². The number of halogens is 4. The second-order valence-corrected chi connectivity index (χ2v) is 9.71. The predicted molar refractivity (Wildman–Crippen MR) is 124 cm³/mol. The molecular weight excluding hydrogens is 444 g/mol. The average molecular weight is 473 g/mol. The number of hydrogen-bond acceptors (Lipinski definition) is 3. The van der Waals surface area contributed by atoms with Crippen molar-refractivity contribution in [2.24, 2.45) is 5.92 Å². The number of ketones is 1. The topological polar surface area (TPSA) is 56.0 Å². The van der Waals surface area contributed by atoms with Crippen molar-refractivity contribution in [3.05, 3.63) is 58.4 Å². The highest BCUT2D eigenvalue weighted by molar-refractivity contribution is 7.18. The fourth-order valence-corrected chi connectivity index (χ4v) is 4.51. The summed E-state index contributed by atoms with van der Waals surface area (Å²) in [7, 11) is 2.36. The summed E-state index contributed by atoms with van der Waals surface area (Å²) in [5.74, 6) is -2.44. The molecule has 0 radical (unpaired) electrons. The van der Waals surface area contributed by atoms with Crippen LogP contribution in [-0.2, 0) is 5.92 Å². The van der Waals surface area contributed by atoms with Crippen molar-refractivity contribution in [2.75, 3.05) is 5.73 Å². The van der Waals surface area contributed by atoms with Gasteiger partial charge in [-0.15, -0.1) is 0 Å². The van der Waals surface area contributed by atoms with Gasteiger partial charge in [0.2, 0.25) is 0 Å². The monoisotopic (exact) mass is 472 g/mol. The zero-order valence-corrected chi connectivity index (χ0v) is 19.9. The van der Waals surface area contributed by atoms with Gasteiger partial charge >= 0.3 is 0 Å². The van der Waals surface area contributed by atoms with E-state index in [1.54, 1.807) is 0 Å². The van der Waals surface area contributed by atoms with Gasteiger partial charge in [0.1, 0.15) is 11.1 Å².